The third kappa shape index (κ3) is 5.73. The van der Waals surface area contributed by atoms with E-state index in [1.54, 1.807) is 11.1 Å². The normalized spacial score (nSPS) is 30.4. The molecule has 0 radical (unpaired) electrons. The van der Waals surface area contributed by atoms with Crippen LogP contribution in [0.1, 0.15) is 92.4 Å². The summed E-state index contributed by atoms with van der Waals surface area (Å²) in [7, 11) is 0. The van der Waals surface area contributed by atoms with Crippen LogP contribution in [0.3, 0.4) is 0 Å². The monoisotopic (exact) mass is 340 g/mol. The van der Waals surface area contributed by atoms with Gasteiger partial charge in [0.15, 0.2) is 0 Å². The van der Waals surface area contributed by atoms with Crippen molar-refractivity contribution in [1.29, 1.82) is 0 Å². The fraction of sp³-hybridized carbons (Fsp3) is 0.680. The van der Waals surface area contributed by atoms with E-state index < -0.39 is 0 Å². The number of hydrogen-bond acceptors (Lipinski definition) is 0. The highest BCUT2D eigenvalue weighted by Crippen LogP contribution is 2.59. The molecule has 25 heavy (non-hydrogen) atoms. The zero-order valence-electron chi connectivity index (χ0n) is 17.5. The Labute approximate surface area is 157 Å². The maximum absolute atomic E-state index is 4.44. The topological polar surface area (TPSA) is 0 Å². The Bertz CT molecular complexity index is 553. The van der Waals surface area contributed by atoms with Gasteiger partial charge in [0.05, 0.1) is 0 Å². The van der Waals surface area contributed by atoms with Gasteiger partial charge in [-0.2, -0.15) is 0 Å². The fourth-order valence-corrected chi connectivity index (χ4v) is 4.90. The molecule has 0 saturated heterocycles. The van der Waals surface area contributed by atoms with Crippen LogP contribution in [-0.2, 0) is 0 Å². The molecule has 0 N–H and O–H groups in total. The lowest BCUT2D eigenvalue weighted by molar-refractivity contribution is -0.0204. The molecule has 0 aliphatic heterocycles. The quantitative estimate of drug-likeness (QED) is 0.428. The molecule has 0 heteroatoms. The summed E-state index contributed by atoms with van der Waals surface area (Å²) in [4.78, 5) is 0. The van der Waals surface area contributed by atoms with Crippen LogP contribution in [0.2, 0.25) is 0 Å². The van der Waals surface area contributed by atoms with E-state index in [1.165, 1.54) is 68.9 Å². The van der Waals surface area contributed by atoms with Gasteiger partial charge >= 0.3 is 0 Å². The largest absolute Gasteiger partial charge is 0.0996 e. The summed E-state index contributed by atoms with van der Waals surface area (Å²) in [6.45, 7) is 16.0. The third-order valence-electron chi connectivity index (χ3n) is 6.70. The van der Waals surface area contributed by atoms with E-state index in [9.17, 15) is 0 Å². The predicted octanol–water partition coefficient (Wildman–Crippen LogP) is 8.18. The van der Waals surface area contributed by atoms with Crippen molar-refractivity contribution in [2.75, 3.05) is 0 Å². The van der Waals surface area contributed by atoms with Gasteiger partial charge < -0.3 is 0 Å². The highest BCUT2D eigenvalue weighted by atomic mass is 14.5. The Morgan fingerprint density at radius 3 is 2.68 bits per heavy atom. The zero-order valence-corrected chi connectivity index (χ0v) is 17.5. The second-order valence-corrected chi connectivity index (χ2v) is 9.27. The summed E-state index contributed by atoms with van der Waals surface area (Å²) < 4.78 is 0. The first-order chi connectivity index (χ1) is 11.8. The van der Waals surface area contributed by atoms with Gasteiger partial charge in [-0.1, -0.05) is 54.0 Å². The Morgan fingerprint density at radius 1 is 1.20 bits per heavy atom. The van der Waals surface area contributed by atoms with E-state index >= 15 is 0 Å². The Balaban J connectivity index is 1.88. The van der Waals surface area contributed by atoms with E-state index in [-0.39, 0.29) is 0 Å². The lowest BCUT2D eigenvalue weighted by Gasteiger charge is -2.55. The average Bonchev–Trinajstić information content (AvgIpc) is 2.57. The molecule has 2 aliphatic rings. The molecule has 0 aromatic rings. The van der Waals surface area contributed by atoms with E-state index in [0.29, 0.717) is 5.41 Å². The van der Waals surface area contributed by atoms with Crippen LogP contribution in [0.4, 0.5) is 0 Å². The second kappa shape index (κ2) is 9.06. The van der Waals surface area contributed by atoms with Crippen molar-refractivity contribution < 1.29 is 0 Å². The minimum absolute atomic E-state index is 0.537. The Hall–Kier alpha value is -1.04. The smallest absolute Gasteiger partial charge is 0.0167 e. The van der Waals surface area contributed by atoms with E-state index in [4.69, 9.17) is 0 Å². The van der Waals surface area contributed by atoms with Crippen molar-refractivity contribution in [2.45, 2.75) is 92.4 Å². The third-order valence-corrected chi connectivity index (χ3v) is 6.70. The number of fused-ring (bicyclic) bond motifs is 1. The van der Waals surface area contributed by atoms with Crippen LogP contribution in [0.25, 0.3) is 0 Å². The van der Waals surface area contributed by atoms with Crippen LogP contribution < -0.4 is 0 Å². The van der Waals surface area contributed by atoms with Crippen molar-refractivity contribution in [3.8, 4) is 0 Å². The van der Waals surface area contributed by atoms with E-state index in [2.05, 4.69) is 59.4 Å². The summed E-state index contributed by atoms with van der Waals surface area (Å²) in [5, 5.41) is 0. The molecule has 1 saturated carbocycles. The van der Waals surface area contributed by atoms with Crippen molar-refractivity contribution >= 4 is 0 Å². The number of allylic oxidation sites excluding steroid dienone is 7. The first kappa shape index (κ1) is 20.3. The molecular formula is C25H40. The van der Waals surface area contributed by atoms with Gasteiger partial charge in [0.1, 0.15) is 0 Å². The van der Waals surface area contributed by atoms with Crippen LogP contribution in [-0.4, -0.2) is 0 Å². The lowest BCUT2D eigenvalue weighted by atomic mass is 9.50. The maximum atomic E-state index is 4.44. The van der Waals surface area contributed by atoms with Gasteiger partial charge in [-0.05, 0) is 103 Å². The summed E-state index contributed by atoms with van der Waals surface area (Å²) in [6, 6.07) is 0. The second-order valence-electron chi connectivity index (χ2n) is 9.27. The molecule has 3 atom stereocenters. The number of hydrogen-bond donors (Lipinski definition) is 0. The van der Waals surface area contributed by atoms with Gasteiger partial charge in [-0.25, -0.2) is 0 Å². The molecule has 0 spiro atoms. The minimum Gasteiger partial charge on any atom is -0.0996 e. The predicted molar refractivity (Wildman–Crippen MR) is 113 cm³/mol. The Kier molecular flexibility index (Phi) is 7.35. The lowest BCUT2D eigenvalue weighted by Crippen LogP contribution is -2.46. The molecule has 0 aromatic heterocycles. The minimum atomic E-state index is 0.537. The van der Waals surface area contributed by atoms with Crippen LogP contribution in [0.5, 0.6) is 0 Å². The first-order valence-electron chi connectivity index (χ1n) is 10.4. The van der Waals surface area contributed by atoms with Gasteiger partial charge in [0.25, 0.3) is 0 Å². The molecule has 0 amide bonds. The molecule has 0 heterocycles. The van der Waals surface area contributed by atoms with Gasteiger partial charge in [-0.3, -0.25) is 0 Å². The molecule has 140 valence electrons. The molecule has 0 bridgehead atoms. The molecular weight excluding hydrogens is 300 g/mol. The zero-order chi connectivity index (χ0) is 18.4. The van der Waals surface area contributed by atoms with E-state index in [0.717, 1.165) is 11.8 Å². The summed E-state index contributed by atoms with van der Waals surface area (Å²) >= 11 is 0. The summed E-state index contributed by atoms with van der Waals surface area (Å²) in [6.07, 6.45) is 18.8. The van der Waals surface area contributed by atoms with Crippen LogP contribution in [0, 0.1) is 17.3 Å². The fourth-order valence-electron chi connectivity index (χ4n) is 4.90. The highest BCUT2D eigenvalue weighted by Gasteiger charge is 2.49. The molecule has 0 aromatic carbocycles. The van der Waals surface area contributed by atoms with Crippen LogP contribution in [0.15, 0.2) is 47.1 Å². The summed E-state index contributed by atoms with van der Waals surface area (Å²) in [5.41, 5.74) is 6.66. The SMILES string of the molecule is C=C1CCC=C(C)CC[C@@H]2[C@@H]1C[C@@]2(C)CCC=C(C)CCC=C(C)C. The van der Waals surface area contributed by atoms with Gasteiger partial charge in [0, 0.05) is 0 Å². The van der Waals surface area contributed by atoms with Crippen molar-refractivity contribution in [2.24, 2.45) is 17.3 Å². The highest BCUT2D eigenvalue weighted by molar-refractivity contribution is 5.17. The van der Waals surface area contributed by atoms with Crippen molar-refractivity contribution in [1.82, 2.24) is 0 Å². The van der Waals surface area contributed by atoms with Gasteiger partial charge in [-0.15, -0.1) is 0 Å². The standard InChI is InChI=1S/C25H40/c1-19(2)10-7-11-20(3)13-9-17-25(6)18-23-22(5)14-8-12-21(4)15-16-24(23)25/h10,12-13,23-24H,5,7-9,11,14-18H2,1-4,6H3/t23-,24-,25-/m1/s1. The molecule has 2 aliphatic carbocycles. The maximum Gasteiger partial charge on any atom is -0.0167 e. The molecule has 2 rings (SSSR count). The summed E-state index contributed by atoms with van der Waals surface area (Å²) in [5.74, 6) is 1.66. The molecule has 0 unspecified atom stereocenters. The van der Waals surface area contributed by atoms with Crippen molar-refractivity contribution in [3.63, 3.8) is 0 Å². The average molecular weight is 341 g/mol. The first-order valence-corrected chi connectivity index (χ1v) is 10.4. The van der Waals surface area contributed by atoms with Crippen LogP contribution >= 0.6 is 0 Å². The Morgan fingerprint density at radius 2 is 1.96 bits per heavy atom. The van der Waals surface area contributed by atoms with Gasteiger partial charge in [0.2, 0.25) is 0 Å². The molecule has 1 fully saturated rings. The molecule has 0 nitrogen and oxygen atoms in total. The van der Waals surface area contributed by atoms with Crippen molar-refractivity contribution in [3.05, 3.63) is 47.1 Å². The number of rotatable bonds is 6. The van der Waals surface area contributed by atoms with E-state index in [1.807, 2.05) is 0 Å².